The second kappa shape index (κ2) is 5.74. The number of benzene rings is 1. The van der Waals surface area contributed by atoms with E-state index in [9.17, 15) is 4.39 Å². The molecule has 4 rings (SSSR count). The van der Waals surface area contributed by atoms with Crippen LogP contribution in [-0.4, -0.2) is 32.5 Å². The molecule has 0 radical (unpaired) electrons. The Morgan fingerprint density at radius 1 is 1.26 bits per heavy atom. The van der Waals surface area contributed by atoms with Gasteiger partial charge in [0.1, 0.15) is 17.2 Å². The molecular formula is C18H19FN4. The predicted octanol–water partition coefficient (Wildman–Crippen LogP) is 3.85. The van der Waals surface area contributed by atoms with Crippen molar-refractivity contribution in [2.75, 3.05) is 13.1 Å². The number of rotatable bonds is 3. The average molecular weight is 310 g/mol. The molecule has 1 aliphatic heterocycles. The lowest BCUT2D eigenvalue weighted by molar-refractivity contribution is 0.209. The predicted molar refractivity (Wildman–Crippen MR) is 88.4 cm³/mol. The molecule has 118 valence electrons. The van der Waals surface area contributed by atoms with Gasteiger partial charge in [0.15, 0.2) is 5.65 Å². The van der Waals surface area contributed by atoms with Gasteiger partial charge in [0.25, 0.3) is 0 Å². The summed E-state index contributed by atoms with van der Waals surface area (Å²) >= 11 is 0. The van der Waals surface area contributed by atoms with Crippen LogP contribution in [0.1, 0.15) is 25.9 Å². The fourth-order valence-electron chi connectivity index (χ4n) is 3.51. The van der Waals surface area contributed by atoms with Gasteiger partial charge in [-0.25, -0.2) is 14.4 Å². The molecule has 4 nitrogen and oxygen atoms in total. The summed E-state index contributed by atoms with van der Waals surface area (Å²) in [7, 11) is 0. The van der Waals surface area contributed by atoms with Crippen molar-refractivity contribution in [3.8, 4) is 11.4 Å². The zero-order chi connectivity index (χ0) is 15.8. The van der Waals surface area contributed by atoms with Crippen molar-refractivity contribution in [3.63, 3.8) is 0 Å². The zero-order valence-electron chi connectivity index (χ0n) is 13.1. The van der Waals surface area contributed by atoms with Crippen molar-refractivity contribution >= 4 is 11.2 Å². The first kappa shape index (κ1) is 14.3. The molecule has 0 bridgehead atoms. The van der Waals surface area contributed by atoms with Gasteiger partial charge in [0.2, 0.25) is 0 Å². The highest BCUT2D eigenvalue weighted by Gasteiger charge is 2.29. The number of likely N-dealkylation sites (tertiary alicyclic amines) is 1. The monoisotopic (exact) mass is 310 g/mol. The Balaban J connectivity index is 1.95. The number of halogens is 1. The topological polar surface area (TPSA) is 34.0 Å². The fourth-order valence-corrected chi connectivity index (χ4v) is 3.51. The highest BCUT2D eigenvalue weighted by molar-refractivity contribution is 5.77. The molecular weight excluding hydrogens is 291 g/mol. The van der Waals surface area contributed by atoms with Crippen LogP contribution in [0.4, 0.5) is 4.39 Å². The van der Waals surface area contributed by atoms with Gasteiger partial charge in [-0.15, -0.1) is 0 Å². The molecule has 2 aromatic heterocycles. The van der Waals surface area contributed by atoms with E-state index in [-0.39, 0.29) is 12.0 Å². The molecule has 1 aromatic carbocycles. The molecule has 3 heterocycles. The van der Waals surface area contributed by atoms with Crippen molar-refractivity contribution < 1.29 is 4.39 Å². The molecule has 3 aromatic rings. The highest BCUT2D eigenvalue weighted by atomic mass is 19.1. The van der Waals surface area contributed by atoms with Crippen LogP contribution in [0, 0.1) is 5.82 Å². The fraction of sp³-hybridized carbons (Fsp3) is 0.333. The summed E-state index contributed by atoms with van der Waals surface area (Å²) in [6.07, 6.45) is 4.26. The minimum absolute atomic E-state index is 0.234. The summed E-state index contributed by atoms with van der Waals surface area (Å²) in [6.45, 7) is 4.24. The second-order valence-corrected chi connectivity index (χ2v) is 5.91. The lowest BCUT2D eigenvalue weighted by Crippen LogP contribution is -2.27. The lowest BCUT2D eigenvalue weighted by atomic mass is 10.2. The summed E-state index contributed by atoms with van der Waals surface area (Å²) in [6, 6.07) is 10.5. The lowest BCUT2D eigenvalue weighted by Gasteiger charge is -2.26. The van der Waals surface area contributed by atoms with E-state index in [0.29, 0.717) is 0 Å². The van der Waals surface area contributed by atoms with E-state index >= 15 is 0 Å². The van der Waals surface area contributed by atoms with Crippen LogP contribution in [0.2, 0.25) is 0 Å². The molecule has 0 saturated carbocycles. The third-order valence-electron chi connectivity index (χ3n) is 4.56. The second-order valence-electron chi connectivity index (χ2n) is 5.91. The van der Waals surface area contributed by atoms with E-state index in [1.54, 1.807) is 18.3 Å². The molecule has 23 heavy (non-hydrogen) atoms. The molecule has 0 N–H and O–H groups in total. The van der Waals surface area contributed by atoms with Crippen LogP contribution in [0.3, 0.4) is 0 Å². The van der Waals surface area contributed by atoms with Crippen molar-refractivity contribution in [2.45, 2.75) is 25.9 Å². The van der Waals surface area contributed by atoms with E-state index < -0.39 is 0 Å². The van der Waals surface area contributed by atoms with Gasteiger partial charge in [-0.3, -0.25) is 9.47 Å². The maximum atomic E-state index is 13.7. The van der Waals surface area contributed by atoms with Crippen molar-refractivity contribution in [3.05, 3.63) is 48.4 Å². The van der Waals surface area contributed by atoms with Gasteiger partial charge in [-0.1, -0.05) is 19.1 Å². The minimum Gasteiger partial charge on any atom is -0.292 e. The molecule has 0 aliphatic carbocycles. The van der Waals surface area contributed by atoms with Gasteiger partial charge in [-0.2, -0.15) is 0 Å². The van der Waals surface area contributed by atoms with E-state index in [1.807, 2.05) is 18.2 Å². The first-order chi connectivity index (χ1) is 11.3. The van der Waals surface area contributed by atoms with E-state index in [4.69, 9.17) is 4.98 Å². The molecule has 1 aliphatic rings. The smallest absolute Gasteiger partial charge is 0.161 e. The Bertz CT molecular complexity index is 842. The number of fused-ring (bicyclic) bond motifs is 1. The summed E-state index contributed by atoms with van der Waals surface area (Å²) < 4.78 is 15.9. The average Bonchev–Trinajstić information content (AvgIpc) is 3.18. The Morgan fingerprint density at radius 3 is 3.00 bits per heavy atom. The van der Waals surface area contributed by atoms with Crippen LogP contribution < -0.4 is 0 Å². The van der Waals surface area contributed by atoms with Crippen LogP contribution in [0.15, 0.2) is 42.6 Å². The molecule has 0 spiro atoms. The van der Waals surface area contributed by atoms with Crippen molar-refractivity contribution in [2.24, 2.45) is 0 Å². The SMILES string of the molecule is CCN1CCCC1n1c(-c2cccc(F)c2)nc2cccnc21. The van der Waals surface area contributed by atoms with Gasteiger partial charge in [0, 0.05) is 18.3 Å². The van der Waals surface area contributed by atoms with Gasteiger partial charge in [-0.05, 0) is 43.7 Å². The number of pyridine rings is 1. The Labute approximate surface area is 134 Å². The van der Waals surface area contributed by atoms with Crippen LogP contribution in [0.25, 0.3) is 22.6 Å². The number of aromatic nitrogens is 3. The molecule has 5 heteroatoms. The summed E-state index contributed by atoms with van der Waals surface area (Å²) in [4.78, 5) is 11.7. The molecule has 1 saturated heterocycles. The van der Waals surface area contributed by atoms with E-state index in [0.717, 1.165) is 48.5 Å². The number of hydrogen-bond donors (Lipinski definition) is 0. The van der Waals surface area contributed by atoms with Gasteiger partial charge < -0.3 is 0 Å². The number of nitrogens with zero attached hydrogens (tertiary/aromatic N) is 4. The summed E-state index contributed by atoms with van der Waals surface area (Å²) in [5.74, 6) is 0.552. The Morgan fingerprint density at radius 2 is 2.17 bits per heavy atom. The number of imidazole rings is 1. The highest BCUT2D eigenvalue weighted by Crippen LogP contribution is 2.34. The van der Waals surface area contributed by atoms with Gasteiger partial charge >= 0.3 is 0 Å². The van der Waals surface area contributed by atoms with E-state index in [2.05, 4.69) is 21.4 Å². The number of hydrogen-bond acceptors (Lipinski definition) is 3. The third-order valence-corrected chi connectivity index (χ3v) is 4.56. The summed E-state index contributed by atoms with van der Waals surface area (Å²) in [5.41, 5.74) is 2.53. The van der Waals surface area contributed by atoms with Crippen molar-refractivity contribution in [1.29, 1.82) is 0 Å². The van der Waals surface area contributed by atoms with Crippen molar-refractivity contribution in [1.82, 2.24) is 19.4 Å². The minimum atomic E-state index is -0.243. The van der Waals surface area contributed by atoms with Crippen LogP contribution >= 0.6 is 0 Å². The summed E-state index contributed by atoms with van der Waals surface area (Å²) in [5, 5.41) is 0. The Kier molecular flexibility index (Phi) is 3.58. The quantitative estimate of drug-likeness (QED) is 0.737. The zero-order valence-corrected chi connectivity index (χ0v) is 13.1. The first-order valence-corrected chi connectivity index (χ1v) is 8.11. The maximum absolute atomic E-state index is 13.7. The van der Waals surface area contributed by atoms with Gasteiger partial charge in [0.05, 0.1) is 6.17 Å². The maximum Gasteiger partial charge on any atom is 0.161 e. The van der Waals surface area contributed by atoms with Crippen LogP contribution in [-0.2, 0) is 0 Å². The molecule has 1 unspecified atom stereocenters. The molecule has 1 atom stereocenters. The molecule has 0 amide bonds. The first-order valence-electron chi connectivity index (χ1n) is 8.11. The third kappa shape index (κ3) is 2.41. The Hall–Kier alpha value is -2.27. The molecule has 1 fully saturated rings. The van der Waals surface area contributed by atoms with E-state index in [1.165, 1.54) is 6.07 Å². The normalized spacial score (nSPS) is 18.8. The largest absolute Gasteiger partial charge is 0.292 e. The van der Waals surface area contributed by atoms with Crippen LogP contribution in [0.5, 0.6) is 0 Å². The standard InChI is InChI=1S/C18H19FN4/c1-2-22-11-5-9-16(22)23-17(13-6-3-7-14(19)12-13)21-15-8-4-10-20-18(15)23/h3-4,6-8,10,12,16H,2,5,9,11H2,1H3.